The Morgan fingerprint density at radius 1 is 1.62 bits per heavy atom. The van der Waals surface area contributed by atoms with E-state index >= 15 is 0 Å². The number of methoxy groups -OCH3 is 1. The van der Waals surface area contributed by atoms with Crippen LogP contribution in [0.25, 0.3) is 0 Å². The van der Waals surface area contributed by atoms with E-state index in [2.05, 4.69) is 9.67 Å². The molecule has 1 aliphatic rings. The van der Waals surface area contributed by atoms with Crippen LogP contribution in [0.4, 0.5) is 0 Å². The van der Waals surface area contributed by atoms with Crippen molar-refractivity contribution in [3.05, 3.63) is 22.8 Å². The predicted molar refractivity (Wildman–Crippen MR) is 36.0 cm³/mol. The van der Waals surface area contributed by atoms with Crippen molar-refractivity contribution in [1.29, 1.82) is 0 Å². The summed E-state index contributed by atoms with van der Waals surface area (Å²) in [7, 11) is 1.69. The van der Waals surface area contributed by atoms with Crippen LogP contribution in [-0.2, 0) is 4.74 Å². The Hall–Kier alpha value is -0.292. The van der Waals surface area contributed by atoms with E-state index < -0.39 is 0 Å². The first-order valence-corrected chi connectivity index (χ1v) is 4.54. The molecule has 0 aliphatic carbocycles. The van der Waals surface area contributed by atoms with Crippen LogP contribution in [0.2, 0.25) is 0 Å². The van der Waals surface area contributed by atoms with Crippen molar-refractivity contribution in [2.75, 3.05) is 7.11 Å². The molecule has 42 valence electrons. The van der Waals surface area contributed by atoms with Crippen molar-refractivity contribution in [2.24, 2.45) is 0 Å². The van der Waals surface area contributed by atoms with E-state index in [1.54, 1.807) is 7.11 Å². The number of hydrogen-bond acceptors (Lipinski definition) is 1. The average Bonchev–Trinajstić information content (AvgIpc) is 1.90. The molecule has 0 N–H and O–H groups in total. The van der Waals surface area contributed by atoms with E-state index in [1.165, 1.54) is 0 Å². The van der Waals surface area contributed by atoms with Crippen LogP contribution in [0.5, 0.6) is 0 Å². The summed E-state index contributed by atoms with van der Waals surface area (Å²) in [6.45, 7) is 0. The van der Waals surface area contributed by atoms with Crippen LogP contribution in [-0.4, -0.2) is 27.2 Å². The Bertz CT molecular complexity index is 156. The average molecular weight is 170 g/mol. The molecule has 0 atom stereocenters. The molecule has 0 saturated heterocycles. The summed E-state index contributed by atoms with van der Waals surface area (Å²) in [4.78, 5) is 4.32. The molecule has 0 fully saturated rings. The molecule has 0 aromatic heterocycles. The molecule has 0 spiro atoms. The summed E-state index contributed by atoms with van der Waals surface area (Å²) in [6, 6.07) is 0. The van der Waals surface area contributed by atoms with Crippen LogP contribution in [0, 0.1) is 0 Å². The molecule has 8 heavy (non-hydrogen) atoms. The van der Waals surface area contributed by atoms with Gasteiger partial charge in [0.15, 0.2) is 0 Å². The molecule has 2 heteroatoms. The monoisotopic (exact) mass is 170 g/mol. The first-order valence-electron chi connectivity index (χ1n) is 2.37. The maximum atomic E-state index is 4.95. The van der Waals surface area contributed by atoms with Gasteiger partial charge in [-0.3, -0.25) is 0 Å². The molecule has 0 aromatic carbocycles. The first-order chi connectivity index (χ1) is 3.93. The van der Waals surface area contributed by atoms with Gasteiger partial charge in [-0.25, -0.2) is 0 Å². The van der Waals surface area contributed by atoms with Crippen LogP contribution >= 0.6 is 0 Å². The second kappa shape index (κ2) is 2.88. The summed E-state index contributed by atoms with van der Waals surface area (Å²) < 4.78 is 4.95. The molecule has 0 aromatic rings. The Kier molecular flexibility index (Phi) is 2.10. The SMILES string of the molecule is COC1=CC=[As]C=C1. The number of rotatable bonds is 1. The third-order valence-electron chi connectivity index (χ3n) is 0.885. The van der Waals surface area contributed by atoms with E-state index in [-0.39, 0.29) is 0 Å². The van der Waals surface area contributed by atoms with Crippen molar-refractivity contribution >= 4 is 20.1 Å². The second-order valence-corrected chi connectivity index (χ2v) is 3.26. The Labute approximate surface area is 55.3 Å². The molecule has 0 bridgehead atoms. The molecule has 0 saturated carbocycles. The van der Waals surface area contributed by atoms with Gasteiger partial charge in [0.1, 0.15) is 0 Å². The number of allylic oxidation sites excluding steroid dienone is 2. The van der Waals surface area contributed by atoms with Crippen molar-refractivity contribution in [1.82, 2.24) is 0 Å². The van der Waals surface area contributed by atoms with Crippen LogP contribution < -0.4 is 0 Å². The quantitative estimate of drug-likeness (QED) is 0.522. The second-order valence-electron chi connectivity index (χ2n) is 1.39. The third kappa shape index (κ3) is 1.34. The van der Waals surface area contributed by atoms with Crippen molar-refractivity contribution in [3.63, 3.8) is 0 Å². The van der Waals surface area contributed by atoms with Crippen molar-refractivity contribution in [2.45, 2.75) is 0 Å². The molecule has 1 heterocycles. The number of ether oxygens (including phenoxy) is 1. The summed E-state index contributed by atoms with van der Waals surface area (Å²) in [5.41, 5.74) is 0. The van der Waals surface area contributed by atoms with Crippen LogP contribution in [0.15, 0.2) is 22.8 Å². The summed E-state index contributed by atoms with van der Waals surface area (Å²) in [5.74, 6) is 0.964. The van der Waals surface area contributed by atoms with Gasteiger partial charge in [0.2, 0.25) is 0 Å². The zero-order valence-corrected chi connectivity index (χ0v) is 6.54. The molecular weight excluding hydrogens is 163 g/mol. The maximum absolute atomic E-state index is 4.95. The molecule has 0 radical (unpaired) electrons. The zero-order valence-electron chi connectivity index (χ0n) is 4.66. The molecule has 0 amide bonds. The van der Waals surface area contributed by atoms with E-state index in [0.717, 1.165) is 5.76 Å². The Morgan fingerprint density at radius 2 is 2.50 bits per heavy atom. The summed E-state index contributed by atoms with van der Waals surface area (Å²) in [6.07, 6.45) is 4.03. The van der Waals surface area contributed by atoms with Gasteiger partial charge in [-0.1, -0.05) is 0 Å². The van der Waals surface area contributed by atoms with Crippen molar-refractivity contribution < 1.29 is 4.74 Å². The van der Waals surface area contributed by atoms with Crippen molar-refractivity contribution in [3.8, 4) is 0 Å². The van der Waals surface area contributed by atoms with Gasteiger partial charge in [-0.05, 0) is 0 Å². The normalized spacial score (nSPS) is 17.9. The van der Waals surface area contributed by atoms with Gasteiger partial charge in [-0.2, -0.15) is 0 Å². The van der Waals surface area contributed by atoms with E-state index in [4.69, 9.17) is 4.74 Å². The van der Waals surface area contributed by atoms with Crippen LogP contribution in [0.1, 0.15) is 0 Å². The van der Waals surface area contributed by atoms with Gasteiger partial charge >= 0.3 is 54.7 Å². The van der Waals surface area contributed by atoms with Gasteiger partial charge in [-0.15, -0.1) is 0 Å². The fraction of sp³-hybridized carbons (Fsp3) is 0.167. The topological polar surface area (TPSA) is 9.23 Å². The van der Waals surface area contributed by atoms with Gasteiger partial charge in [0, 0.05) is 0 Å². The Balaban J connectivity index is 2.68. The molecule has 1 nitrogen and oxygen atoms in total. The zero-order chi connectivity index (χ0) is 5.82. The first kappa shape index (κ1) is 5.84. The molecule has 1 rings (SSSR count). The fourth-order valence-electron chi connectivity index (χ4n) is 0.474. The molecule has 0 unspecified atom stereocenters. The van der Waals surface area contributed by atoms with Gasteiger partial charge in [0.25, 0.3) is 0 Å². The minimum atomic E-state index is 0.340. The Morgan fingerprint density at radius 3 is 2.88 bits per heavy atom. The van der Waals surface area contributed by atoms with E-state index in [1.807, 2.05) is 12.2 Å². The number of hydrogen-bond donors (Lipinski definition) is 0. The van der Waals surface area contributed by atoms with E-state index in [9.17, 15) is 0 Å². The minimum absolute atomic E-state index is 0.340. The van der Waals surface area contributed by atoms with Gasteiger partial charge < -0.3 is 0 Å². The molecular formula is C6H7AsO. The summed E-state index contributed by atoms with van der Waals surface area (Å²) in [5, 5.41) is 0. The standard InChI is InChI=1S/C6H7AsO/c1-8-6-2-4-7-5-3-6/h2-5H,1H3. The van der Waals surface area contributed by atoms with Gasteiger partial charge in [0.05, 0.1) is 0 Å². The molecule has 1 aliphatic heterocycles. The van der Waals surface area contributed by atoms with Crippen LogP contribution in [0.3, 0.4) is 0 Å². The fourth-order valence-corrected chi connectivity index (χ4v) is 1.66. The third-order valence-corrected chi connectivity index (χ3v) is 2.23. The summed E-state index contributed by atoms with van der Waals surface area (Å²) >= 11 is 0.340. The van der Waals surface area contributed by atoms with E-state index in [0.29, 0.717) is 15.3 Å². The predicted octanol–water partition coefficient (Wildman–Crippen LogP) is 0.550.